The van der Waals surface area contributed by atoms with Crippen molar-refractivity contribution in [1.82, 2.24) is 20.2 Å². The Hall–Kier alpha value is -1.99. The number of aromatic amines is 1. The summed E-state index contributed by atoms with van der Waals surface area (Å²) in [6.07, 6.45) is 1.69. The molecule has 0 saturated carbocycles. The van der Waals surface area contributed by atoms with Crippen LogP contribution in [0.5, 0.6) is 0 Å². The molecule has 20 heavy (non-hydrogen) atoms. The predicted octanol–water partition coefficient (Wildman–Crippen LogP) is 2.99. The van der Waals surface area contributed by atoms with E-state index in [1.54, 1.807) is 6.20 Å². The minimum atomic E-state index is 0.293. The number of H-pyrrole nitrogens is 1. The molecule has 0 bridgehead atoms. The number of thioether (sulfide) groups is 1. The lowest BCUT2D eigenvalue weighted by molar-refractivity contribution is 0.530. The van der Waals surface area contributed by atoms with Crippen LogP contribution < -0.4 is 5.73 Å². The van der Waals surface area contributed by atoms with Crippen LogP contribution in [-0.4, -0.2) is 20.2 Å². The summed E-state index contributed by atoms with van der Waals surface area (Å²) >= 11 is 7.24. The zero-order valence-corrected chi connectivity index (χ0v) is 11.8. The first-order chi connectivity index (χ1) is 9.70. The average molecular weight is 308 g/mol. The van der Waals surface area contributed by atoms with E-state index in [1.807, 2.05) is 24.3 Å². The standard InChI is InChI=1S/C12H10ClN5OS/c13-8-3-1-7(2-4-8)9-5-15-10(19-9)6-20-12-16-11(14)17-18-12/h1-5H,6H2,(H3,14,16,17,18). The van der Waals surface area contributed by atoms with Crippen LogP contribution in [0.15, 0.2) is 40.0 Å². The van der Waals surface area contributed by atoms with Gasteiger partial charge < -0.3 is 10.2 Å². The maximum Gasteiger partial charge on any atom is 0.216 e. The summed E-state index contributed by atoms with van der Waals surface area (Å²) < 4.78 is 5.67. The number of halogens is 1. The van der Waals surface area contributed by atoms with Crippen LogP contribution in [0.2, 0.25) is 5.02 Å². The highest BCUT2D eigenvalue weighted by Crippen LogP contribution is 2.25. The molecule has 0 radical (unpaired) electrons. The zero-order chi connectivity index (χ0) is 13.9. The number of nitrogens with two attached hydrogens (primary N) is 1. The van der Waals surface area contributed by atoms with Gasteiger partial charge in [0.15, 0.2) is 5.76 Å². The summed E-state index contributed by atoms with van der Waals surface area (Å²) in [6.45, 7) is 0. The van der Waals surface area contributed by atoms with Gasteiger partial charge in [0.25, 0.3) is 0 Å². The van der Waals surface area contributed by atoms with Gasteiger partial charge in [-0.05, 0) is 24.3 Å². The largest absolute Gasteiger partial charge is 0.440 e. The highest BCUT2D eigenvalue weighted by Gasteiger charge is 2.08. The summed E-state index contributed by atoms with van der Waals surface area (Å²) in [6, 6.07) is 7.39. The molecule has 0 aliphatic carbocycles. The van der Waals surface area contributed by atoms with E-state index < -0.39 is 0 Å². The van der Waals surface area contributed by atoms with Crippen molar-refractivity contribution in [2.45, 2.75) is 10.9 Å². The molecule has 102 valence electrons. The fourth-order valence-electron chi connectivity index (χ4n) is 1.57. The first-order valence-corrected chi connectivity index (χ1v) is 7.08. The summed E-state index contributed by atoms with van der Waals surface area (Å²) in [4.78, 5) is 8.21. The first-order valence-electron chi connectivity index (χ1n) is 5.72. The monoisotopic (exact) mass is 307 g/mol. The molecule has 3 aromatic rings. The van der Waals surface area contributed by atoms with Crippen molar-refractivity contribution in [3.05, 3.63) is 41.4 Å². The van der Waals surface area contributed by atoms with E-state index in [0.717, 1.165) is 5.56 Å². The van der Waals surface area contributed by atoms with Crippen molar-refractivity contribution >= 4 is 29.3 Å². The molecule has 3 N–H and O–H groups in total. The number of benzene rings is 1. The highest BCUT2D eigenvalue weighted by molar-refractivity contribution is 7.98. The molecule has 2 heterocycles. The van der Waals surface area contributed by atoms with Gasteiger partial charge in [-0.15, -0.1) is 5.10 Å². The third kappa shape index (κ3) is 2.94. The lowest BCUT2D eigenvalue weighted by atomic mass is 10.2. The molecule has 0 atom stereocenters. The number of nitrogens with zero attached hydrogens (tertiary/aromatic N) is 3. The van der Waals surface area contributed by atoms with E-state index in [4.69, 9.17) is 21.8 Å². The van der Waals surface area contributed by atoms with E-state index in [9.17, 15) is 0 Å². The molecule has 0 spiro atoms. The molecule has 0 aliphatic heterocycles. The second kappa shape index (κ2) is 5.56. The Morgan fingerprint density at radius 3 is 2.80 bits per heavy atom. The lowest BCUT2D eigenvalue weighted by Crippen LogP contribution is -1.85. The summed E-state index contributed by atoms with van der Waals surface area (Å²) in [5.41, 5.74) is 6.38. The molecular formula is C12H10ClN5OS. The molecule has 1 aromatic carbocycles. The number of nitrogens with one attached hydrogen (secondary N) is 1. The number of oxazole rings is 1. The smallest absolute Gasteiger partial charge is 0.216 e. The van der Waals surface area contributed by atoms with E-state index in [2.05, 4.69) is 20.2 Å². The van der Waals surface area contributed by atoms with Crippen molar-refractivity contribution in [2.24, 2.45) is 0 Å². The minimum absolute atomic E-state index is 0.293. The van der Waals surface area contributed by atoms with E-state index >= 15 is 0 Å². The van der Waals surface area contributed by atoms with Gasteiger partial charge in [-0.3, -0.25) is 0 Å². The summed E-state index contributed by atoms with van der Waals surface area (Å²) in [5.74, 6) is 2.13. The average Bonchev–Trinajstić information content (AvgIpc) is 3.06. The number of nitrogen functional groups attached to an aromatic ring is 1. The molecule has 0 unspecified atom stereocenters. The second-order valence-electron chi connectivity index (χ2n) is 3.92. The fraction of sp³-hybridized carbons (Fsp3) is 0.0833. The van der Waals surface area contributed by atoms with Crippen LogP contribution in [0.3, 0.4) is 0 Å². The Morgan fingerprint density at radius 1 is 1.30 bits per heavy atom. The highest BCUT2D eigenvalue weighted by atomic mass is 35.5. The Morgan fingerprint density at radius 2 is 2.10 bits per heavy atom. The van der Waals surface area contributed by atoms with Crippen molar-refractivity contribution in [1.29, 1.82) is 0 Å². The SMILES string of the molecule is Nc1nc(SCc2ncc(-c3ccc(Cl)cc3)o2)n[nH]1. The predicted molar refractivity (Wildman–Crippen MR) is 77.3 cm³/mol. The number of anilines is 1. The number of rotatable bonds is 4. The maximum atomic E-state index is 5.85. The normalized spacial score (nSPS) is 10.8. The molecule has 8 heteroatoms. The van der Waals surface area contributed by atoms with Crippen LogP contribution in [0.25, 0.3) is 11.3 Å². The van der Waals surface area contributed by atoms with E-state index in [0.29, 0.717) is 33.5 Å². The Bertz CT molecular complexity index is 709. The fourth-order valence-corrected chi connectivity index (χ4v) is 2.36. The topological polar surface area (TPSA) is 93.6 Å². The van der Waals surface area contributed by atoms with Crippen molar-refractivity contribution in [3.8, 4) is 11.3 Å². The molecule has 0 fully saturated rings. The number of hydrogen-bond donors (Lipinski definition) is 2. The van der Waals surface area contributed by atoms with Gasteiger partial charge in [-0.1, -0.05) is 23.4 Å². The van der Waals surface area contributed by atoms with Gasteiger partial charge in [0.05, 0.1) is 11.9 Å². The van der Waals surface area contributed by atoms with E-state index in [-0.39, 0.29) is 0 Å². The van der Waals surface area contributed by atoms with Gasteiger partial charge in [0.1, 0.15) is 0 Å². The lowest BCUT2D eigenvalue weighted by Gasteiger charge is -1.96. The van der Waals surface area contributed by atoms with Crippen molar-refractivity contribution in [3.63, 3.8) is 0 Å². The molecular weight excluding hydrogens is 298 g/mol. The first kappa shape index (κ1) is 13.0. The molecule has 0 aliphatic rings. The van der Waals surface area contributed by atoms with E-state index in [1.165, 1.54) is 11.8 Å². The summed E-state index contributed by atoms with van der Waals surface area (Å²) in [7, 11) is 0. The van der Waals surface area contributed by atoms with Crippen LogP contribution in [-0.2, 0) is 5.75 Å². The minimum Gasteiger partial charge on any atom is -0.440 e. The van der Waals surface area contributed by atoms with Crippen LogP contribution in [0.1, 0.15) is 5.89 Å². The molecule has 0 saturated heterocycles. The zero-order valence-electron chi connectivity index (χ0n) is 10.2. The summed E-state index contributed by atoms with van der Waals surface area (Å²) in [5, 5.41) is 7.75. The molecule has 6 nitrogen and oxygen atoms in total. The van der Waals surface area contributed by atoms with Gasteiger partial charge in [0.2, 0.25) is 17.0 Å². The maximum absolute atomic E-state index is 5.85. The van der Waals surface area contributed by atoms with Gasteiger partial charge in [-0.25, -0.2) is 10.1 Å². The molecule has 2 aromatic heterocycles. The number of hydrogen-bond acceptors (Lipinski definition) is 6. The van der Waals surface area contributed by atoms with Gasteiger partial charge in [0, 0.05) is 10.6 Å². The van der Waals surface area contributed by atoms with Crippen LogP contribution in [0.4, 0.5) is 5.95 Å². The van der Waals surface area contributed by atoms with Gasteiger partial charge in [-0.2, -0.15) is 4.98 Å². The third-order valence-electron chi connectivity index (χ3n) is 2.49. The number of aromatic nitrogens is 4. The van der Waals surface area contributed by atoms with Crippen LogP contribution >= 0.6 is 23.4 Å². The van der Waals surface area contributed by atoms with Crippen molar-refractivity contribution in [2.75, 3.05) is 5.73 Å². The molecule has 0 amide bonds. The van der Waals surface area contributed by atoms with Gasteiger partial charge >= 0.3 is 0 Å². The second-order valence-corrected chi connectivity index (χ2v) is 5.30. The third-order valence-corrected chi connectivity index (χ3v) is 3.57. The molecule has 3 rings (SSSR count). The Kier molecular flexibility index (Phi) is 3.62. The Labute approximate surface area is 123 Å². The van der Waals surface area contributed by atoms with Crippen molar-refractivity contribution < 1.29 is 4.42 Å². The quantitative estimate of drug-likeness (QED) is 0.720. The van der Waals surface area contributed by atoms with Crippen LogP contribution in [0, 0.1) is 0 Å². The Balaban J connectivity index is 1.69.